The van der Waals surface area contributed by atoms with Crippen LogP contribution in [-0.4, -0.2) is 31.7 Å². The fourth-order valence-electron chi connectivity index (χ4n) is 3.03. The summed E-state index contributed by atoms with van der Waals surface area (Å²) in [6, 6.07) is 19.6. The zero-order valence-corrected chi connectivity index (χ0v) is 20.2. The van der Waals surface area contributed by atoms with E-state index in [0.29, 0.717) is 46.7 Å². The van der Waals surface area contributed by atoms with E-state index in [1.807, 2.05) is 25.1 Å². The van der Waals surface area contributed by atoms with Gasteiger partial charge in [0.2, 0.25) is 11.8 Å². The van der Waals surface area contributed by atoms with E-state index in [0.717, 1.165) is 5.56 Å². The van der Waals surface area contributed by atoms with Crippen molar-refractivity contribution in [3.8, 4) is 17.2 Å². The van der Waals surface area contributed by atoms with Crippen LogP contribution in [0.2, 0.25) is 5.02 Å². The van der Waals surface area contributed by atoms with Gasteiger partial charge in [-0.2, -0.15) is 5.10 Å². The van der Waals surface area contributed by atoms with Gasteiger partial charge in [0, 0.05) is 22.3 Å². The second-order valence-electron chi connectivity index (χ2n) is 7.27. The molecule has 2 N–H and O–H groups in total. The molecule has 0 heterocycles. The zero-order valence-electron chi connectivity index (χ0n) is 19.4. The fourth-order valence-corrected chi connectivity index (χ4v) is 3.22. The molecular formula is C26H26ClN3O5. The molecule has 0 radical (unpaired) electrons. The fraction of sp³-hybridized carbons (Fsp3) is 0.192. The van der Waals surface area contributed by atoms with Crippen molar-refractivity contribution in [3.05, 3.63) is 82.9 Å². The van der Waals surface area contributed by atoms with Crippen LogP contribution in [0.1, 0.15) is 24.5 Å². The number of hydrogen-bond acceptors (Lipinski definition) is 6. The zero-order chi connectivity index (χ0) is 25.0. The van der Waals surface area contributed by atoms with Crippen LogP contribution in [-0.2, 0) is 16.2 Å². The summed E-state index contributed by atoms with van der Waals surface area (Å²) in [7, 11) is 1.53. The van der Waals surface area contributed by atoms with E-state index in [1.165, 1.54) is 13.3 Å². The van der Waals surface area contributed by atoms with E-state index in [4.69, 9.17) is 25.8 Å². The number of carbonyl (C=O) groups is 2. The molecule has 0 fully saturated rings. The minimum Gasteiger partial charge on any atom is -0.497 e. The SMILES string of the molecule is CCOc1cc(C=NNC(=O)CC(=O)Nc2cccc(OC)c2)ccc1OCc1ccccc1Cl. The molecular weight excluding hydrogens is 470 g/mol. The van der Waals surface area contributed by atoms with E-state index in [2.05, 4.69) is 15.8 Å². The lowest BCUT2D eigenvalue weighted by molar-refractivity contribution is -0.126. The van der Waals surface area contributed by atoms with Gasteiger partial charge in [0.25, 0.3) is 0 Å². The number of halogens is 1. The number of hydrogen-bond donors (Lipinski definition) is 2. The first-order chi connectivity index (χ1) is 17.0. The lowest BCUT2D eigenvalue weighted by Crippen LogP contribution is -2.24. The van der Waals surface area contributed by atoms with Gasteiger partial charge in [-0.1, -0.05) is 35.9 Å². The average molecular weight is 496 g/mol. The molecule has 9 heteroatoms. The largest absolute Gasteiger partial charge is 0.497 e. The van der Waals surface area contributed by atoms with E-state index >= 15 is 0 Å². The Morgan fingerprint density at radius 2 is 1.80 bits per heavy atom. The van der Waals surface area contributed by atoms with Gasteiger partial charge in [0.05, 0.1) is 19.9 Å². The van der Waals surface area contributed by atoms with Crippen molar-refractivity contribution in [1.29, 1.82) is 0 Å². The van der Waals surface area contributed by atoms with Gasteiger partial charge in [-0.15, -0.1) is 0 Å². The first-order valence-corrected chi connectivity index (χ1v) is 11.2. The van der Waals surface area contributed by atoms with Crippen LogP contribution in [0.4, 0.5) is 5.69 Å². The summed E-state index contributed by atoms with van der Waals surface area (Å²) >= 11 is 6.19. The van der Waals surface area contributed by atoms with Crippen molar-refractivity contribution in [1.82, 2.24) is 5.43 Å². The van der Waals surface area contributed by atoms with Gasteiger partial charge >= 0.3 is 0 Å². The Morgan fingerprint density at radius 3 is 2.57 bits per heavy atom. The van der Waals surface area contributed by atoms with Crippen LogP contribution < -0.4 is 25.0 Å². The first kappa shape index (κ1) is 25.6. The summed E-state index contributed by atoms with van der Waals surface area (Å²) in [5, 5.41) is 7.19. The van der Waals surface area contributed by atoms with Crippen LogP contribution in [0.5, 0.6) is 17.2 Å². The molecule has 0 aliphatic carbocycles. The van der Waals surface area contributed by atoms with Gasteiger partial charge in [-0.05, 0) is 48.9 Å². The van der Waals surface area contributed by atoms with Crippen LogP contribution in [0, 0.1) is 0 Å². The molecule has 0 unspecified atom stereocenters. The number of nitrogens with zero attached hydrogens (tertiary/aromatic N) is 1. The number of hydrazone groups is 1. The number of nitrogens with one attached hydrogen (secondary N) is 2. The molecule has 3 aromatic rings. The third kappa shape index (κ3) is 8.04. The molecule has 3 aromatic carbocycles. The van der Waals surface area contributed by atoms with Crippen LogP contribution >= 0.6 is 11.6 Å². The van der Waals surface area contributed by atoms with Gasteiger partial charge in [-0.25, -0.2) is 5.43 Å². The molecule has 0 saturated heterocycles. The van der Waals surface area contributed by atoms with Crippen molar-refractivity contribution in [2.75, 3.05) is 19.0 Å². The third-order valence-corrected chi connectivity index (χ3v) is 5.05. The summed E-state index contributed by atoms with van der Waals surface area (Å²) in [6.45, 7) is 2.61. The maximum atomic E-state index is 12.1. The number of rotatable bonds is 11. The predicted octanol–water partition coefficient (Wildman–Crippen LogP) is 4.81. The number of carbonyl (C=O) groups excluding carboxylic acids is 2. The predicted molar refractivity (Wildman–Crippen MR) is 135 cm³/mol. The summed E-state index contributed by atoms with van der Waals surface area (Å²) in [5.74, 6) is 0.675. The number of anilines is 1. The normalized spacial score (nSPS) is 10.6. The van der Waals surface area contributed by atoms with Crippen molar-refractivity contribution >= 4 is 35.3 Å². The lowest BCUT2D eigenvalue weighted by Gasteiger charge is -2.13. The van der Waals surface area contributed by atoms with Crippen LogP contribution in [0.25, 0.3) is 0 Å². The molecule has 0 atom stereocenters. The van der Waals surface area contributed by atoms with Gasteiger partial charge in [0.15, 0.2) is 11.5 Å². The van der Waals surface area contributed by atoms with Crippen molar-refractivity contribution in [3.63, 3.8) is 0 Å². The summed E-state index contributed by atoms with van der Waals surface area (Å²) in [5.41, 5.74) is 4.42. The van der Waals surface area contributed by atoms with Gasteiger partial charge in [-0.3, -0.25) is 9.59 Å². The number of amides is 2. The second kappa shape index (κ2) is 13.0. The maximum absolute atomic E-state index is 12.1. The second-order valence-corrected chi connectivity index (χ2v) is 7.68. The maximum Gasteiger partial charge on any atom is 0.249 e. The monoisotopic (exact) mass is 495 g/mol. The topological polar surface area (TPSA) is 98.2 Å². The molecule has 0 aliphatic heterocycles. The summed E-state index contributed by atoms with van der Waals surface area (Å²) < 4.78 is 16.7. The van der Waals surface area contributed by atoms with E-state index in [-0.39, 0.29) is 6.42 Å². The van der Waals surface area contributed by atoms with E-state index < -0.39 is 11.8 Å². The molecule has 182 valence electrons. The van der Waals surface area contributed by atoms with Crippen molar-refractivity contribution in [2.45, 2.75) is 20.0 Å². The van der Waals surface area contributed by atoms with Crippen LogP contribution in [0.15, 0.2) is 71.8 Å². The molecule has 8 nitrogen and oxygen atoms in total. The molecule has 0 bridgehead atoms. The van der Waals surface area contributed by atoms with Crippen LogP contribution in [0.3, 0.4) is 0 Å². The minimum absolute atomic E-state index is 0.293. The van der Waals surface area contributed by atoms with Crippen molar-refractivity contribution < 1.29 is 23.8 Å². The summed E-state index contributed by atoms with van der Waals surface area (Å²) in [4.78, 5) is 24.2. The average Bonchev–Trinajstić information content (AvgIpc) is 2.84. The van der Waals surface area contributed by atoms with E-state index in [1.54, 1.807) is 48.5 Å². The summed E-state index contributed by atoms with van der Waals surface area (Å²) in [6.07, 6.45) is 1.08. The first-order valence-electron chi connectivity index (χ1n) is 10.9. The van der Waals surface area contributed by atoms with Gasteiger partial charge in [0.1, 0.15) is 18.8 Å². The Morgan fingerprint density at radius 1 is 0.971 bits per heavy atom. The smallest absolute Gasteiger partial charge is 0.249 e. The lowest BCUT2D eigenvalue weighted by atomic mass is 10.2. The van der Waals surface area contributed by atoms with E-state index in [9.17, 15) is 9.59 Å². The molecule has 0 saturated carbocycles. The number of benzene rings is 3. The van der Waals surface area contributed by atoms with Gasteiger partial charge < -0.3 is 19.5 Å². The Kier molecular flexibility index (Phi) is 9.50. The number of methoxy groups -OCH3 is 1. The highest BCUT2D eigenvalue weighted by Crippen LogP contribution is 2.29. The number of ether oxygens (including phenoxy) is 3. The highest BCUT2D eigenvalue weighted by Gasteiger charge is 2.10. The third-order valence-electron chi connectivity index (χ3n) is 4.69. The molecule has 0 aliphatic rings. The molecule has 0 aromatic heterocycles. The highest BCUT2D eigenvalue weighted by molar-refractivity contribution is 6.31. The molecule has 35 heavy (non-hydrogen) atoms. The Labute approximate surface area is 208 Å². The Bertz CT molecular complexity index is 1200. The Balaban J connectivity index is 1.54. The standard InChI is InChI=1S/C26H26ClN3O5/c1-3-34-24-13-18(11-12-23(24)35-17-19-7-4-5-10-22(19)27)16-28-30-26(32)15-25(31)29-20-8-6-9-21(14-20)33-2/h4-14,16H,3,15,17H2,1-2H3,(H,29,31)(H,30,32). The highest BCUT2D eigenvalue weighted by atomic mass is 35.5. The quantitative estimate of drug-likeness (QED) is 0.226. The Hall–Kier alpha value is -4.04. The molecule has 0 spiro atoms. The molecule has 2 amide bonds. The molecule has 3 rings (SSSR count). The minimum atomic E-state index is -0.550. The van der Waals surface area contributed by atoms with Crippen molar-refractivity contribution in [2.24, 2.45) is 5.10 Å².